The monoisotopic (exact) mass is 360 g/mol. The van der Waals surface area contributed by atoms with Crippen LogP contribution in [0.1, 0.15) is 56.0 Å². The summed E-state index contributed by atoms with van der Waals surface area (Å²) in [6.07, 6.45) is 1.64. The second-order valence-corrected chi connectivity index (χ2v) is 7.96. The van der Waals surface area contributed by atoms with Crippen molar-refractivity contribution >= 4 is 17.8 Å². The molecule has 1 saturated heterocycles. The number of piperidine rings is 1. The Hall–Kier alpha value is -2.37. The van der Waals surface area contributed by atoms with Crippen LogP contribution in [0.4, 0.5) is 0 Å². The second kappa shape index (κ2) is 8.34. The van der Waals surface area contributed by atoms with Gasteiger partial charge in [0.15, 0.2) is 0 Å². The highest BCUT2D eigenvalue weighted by Crippen LogP contribution is 2.22. The van der Waals surface area contributed by atoms with E-state index in [-0.39, 0.29) is 24.2 Å². The minimum Gasteiger partial charge on any atom is -0.481 e. The lowest BCUT2D eigenvalue weighted by Gasteiger charge is -2.31. The van der Waals surface area contributed by atoms with Crippen molar-refractivity contribution in [2.24, 2.45) is 11.3 Å². The molecule has 0 bridgehead atoms. The number of nitrogens with one attached hydrogen (secondary N) is 1. The number of carboxylic acid groups (broad SMARTS) is 1. The van der Waals surface area contributed by atoms with E-state index >= 15 is 0 Å². The number of carbonyl (C=O) groups is 3. The molecule has 6 heteroatoms. The number of rotatable bonds is 5. The molecule has 2 amide bonds. The van der Waals surface area contributed by atoms with E-state index in [1.807, 2.05) is 32.9 Å². The van der Waals surface area contributed by atoms with Gasteiger partial charge in [-0.1, -0.05) is 32.9 Å². The average Bonchev–Trinajstić information content (AvgIpc) is 2.59. The molecule has 1 fully saturated rings. The SMILES string of the molecule is CC(C)(C)C(=O)NCc1ccc(C(=O)N2CCC(CC(=O)O)CC2)cc1. The highest BCUT2D eigenvalue weighted by atomic mass is 16.4. The van der Waals surface area contributed by atoms with Gasteiger partial charge in [0.05, 0.1) is 0 Å². The predicted octanol–water partition coefficient (Wildman–Crippen LogP) is 2.68. The summed E-state index contributed by atoms with van der Waals surface area (Å²) in [7, 11) is 0. The maximum Gasteiger partial charge on any atom is 0.303 e. The zero-order valence-corrected chi connectivity index (χ0v) is 15.7. The molecule has 0 spiro atoms. The lowest BCUT2D eigenvalue weighted by molar-refractivity contribution is -0.138. The van der Waals surface area contributed by atoms with E-state index in [2.05, 4.69) is 5.32 Å². The van der Waals surface area contributed by atoms with Crippen LogP contribution in [0.5, 0.6) is 0 Å². The summed E-state index contributed by atoms with van der Waals surface area (Å²) < 4.78 is 0. The van der Waals surface area contributed by atoms with Crippen molar-refractivity contribution < 1.29 is 19.5 Å². The van der Waals surface area contributed by atoms with Crippen molar-refractivity contribution in [2.45, 2.75) is 46.6 Å². The number of amides is 2. The largest absolute Gasteiger partial charge is 0.481 e. The number of hydrogen-bond donors (Lipinski definition) is 2. The summed E-state index contributed by atoms with van der Waals surface area (Å²) in [5.74, 6) is -0.653. The fourth-order valence-electron chi connectivity index (χ4n) is 2.98. The van der Waals surface area contributed by atoms with Crippen LogP contribution in [-0.4, -0.2) is 40.9 Å². The van der Waals surface area contributed by atoms with E-state index in [4.69, 9.17) is 5.11 Å². The first kappa shape index (κ1) is 19.9. The Morgan fingerprint density at radius 2 is 1.69 bits per heavy atom. The number of benzene rings is 1. The zero-order chi connectivity index (χ0) is 19.3. The maximum absolute atomic E-state index is 12.6. The Labute approximate surface area is 154 Å². The van der Waals surface area contributed by atoms with Crippen LogP contribution in [0.2, 0.25) is 0 Å². The fourth-order valence-corrected chi connectivity index (χ4v) is 2.98. The molecule has 142 valence electrons. The lowest BCUT2D eigenvalue weighted by atomic mass is 9.93. The molecule has 26 heavy (non-hydrogen) atoms. The lowest BCUT2D eigenvalue weighted by Crippen LogP contribution is -2.38. The van der Waals surface area contributed by atoms with Crippen LogP contribution >= 0.6 is 0 Å². The van der Waals surface area contributed by atoms with Crippen molar-refractivity contribution in [1.82, 2.24) is 10.2 Å². The van der Waals surface area contributed by atoms with Gasteiger partial charge in [-0.25, -0.2) is 0 Å². The molecule has 0 saturated carbocycles. The van der Waals surface area contributed by atoms with Gasteiger partial charge in [-0.05, 0) is 36.5 Å². The zero-order valence-electron chi connectivity index (χ0n) is 15.7. The highest BCUT2D eigenvalue weighted by Gasteiger charge is 2.25. The minimum atomic E-state index is -0.774. The van der Waals surface area contributed by atoms with Gasteiger partial charge in [0.25, 0.3) is 5.91 Å². The number of likely N-dealkylation sites (tertiary alicyclic amines) is 1. The van der Waals surface area contributed by atoms with E-state index < -0.39 is 11.4 Å². The van der Waals surface area contributed by atoms with Crippen LogP contribution in [0.3, 0.4) is 0 Å². The number of carboxylic acids is 1. The van der Waals surface area contributed by atoms with Crippen molar-refractivity contribution in [3.05, 3.63) is 35.4 Å². The number of aliphatic carboxylic acids is 1. The Balaban J connectivity index is 1.87. The van der Waals surface area contributed by atoms with E-state index in [0.717, 1.165) is 18.4 Å². The van der Waals surface area contributed by atoms with Crippen LogP contribution in [0.15, 0.2) is 24.3 Å². The molecule has 0 aliphatic carbocycles. The smallest absolute Gasteiger partial charge is 0.303 e. The van der Waals surface area contributed by atoms with Crippen LogP contribution < -0.4 is 5.32 Å². The number of hydrogen-bond acceptors (Lipinski definition) is 3. The van der Waals surface area contributed by atoms with Crippen LogP contribution in [-0.2, 0) is 16.1 Å². The quantitative estimate of drug-likeness (QED) is 0.845. The summed E-state index contributed by atoms with van der Waals surface area (Å²) in [5, 5.41) is 11.7. The van der Waals surface area contributed by atoms with E-state index in [0.29, 0.717) is 25.2 Å². The summed E-state index contributed by atoms with van der Waals surface area (Å²) in [6.45, 7) is 7.22. The molecule has 2 rings (SSSR count). The molecule has 0 aromatic heterocycles. The molecular formula is C20H28N2O4. The van der Waals surface area contributed by atoms with Gasteiger partial charge in [0.1, 0.15) is 0 Å². The Kier molecular flexibility index (Phi) is 6.40. The third-order valence-electron chi connectivity index (χ3n) is 4.70. The van der Waals surface area contributed by atoms with E-state index in [1.54, 1.807) is 17.0 Å². The third-order valence-corrected chi connectivity index (χ3v) is 4.70. The molecular weight excluding hydrogens is 332 g/mol. The normalized spacial score (nSPS) is 15.6. The number of carbonyl (C=O) groups excluding carboxylic acids is 2. The molecule has 0 radical (unpaired) electrons. The van der Waals surface area contributed by atoms with Crippen LogP contribution in [0.25, 0.3) is 0 Å². The third kappa shape index (κ3) is 5.58. The van der Waals surface area contributed by atoms with Crippen LogP contribution in [0, 0.1) is 11.3 Å². The summed E-state index contributed by atoms with van der Waals surface area (Å²) in [6, 6.07) is 7.27. The summed E-state index contributed by atoms with van der Waals surface area (Å²) in [5.41, 5.74) is 1.13. The molecule has 1 aliphatic heterocycles. The average molecular weight is 360 g/mol. The molecule has 0 atom stereocenters. The van der Waals surface area contributed by atoms with Crippen molar-refractivity contribution in [3.63, 3.8) is 0 Å². The van der Waals surface area contributed by atoms with Gasteiger partial charge in [-0.2, -0.15) is 0 Å². The first-order chi connectivity index (χ1) is 12.2. The van der Waals surface area contributed by atoms with Gasteiger partial charge in [-0.15, -0.1) is 0 Å². The fraction of sp³-hybridized carbons (Fsp3) is 0.550. The molecule has 1 aromatic rings. The number of nitrogens with zero attached hydrogens (tertiary/aromatic N) is 1. The Morgan fingerprint density at radius 1 is 1.12 bits per heavy atom. The molecule has 1 heterocycles. The van der Waals surface area contributed by atoms with Crippen molar-refractivity contribution in [3.8, 4) is 0 Å². The maximum atomic E-state index is 12.6. The molecule has 0 unspecified atom stereocenters. The molecule has 6 nitrogen and oxygen atoms in total. The van der Waals surface area contributed by atoms with Gasteiger partial charge >= 0.3 is 5.97 Å². The molecule has 2 N–H and O–H groups in total. The topological polar surface area (TPSA) is 86.7 Å². The molecule has 1 aromatic carbocycles. The summed E-state index contributed by atoms with van der Waals surface area (Å²) in [4.78, 5) is 37.0. The highest BCUT2D eigenvalue weighted by molar-refractivity contribution is 5.94. The summed E-state index contributed by atoms with van der Waals surface area (Å²) >= 11 is 0. The minimum absolute atomic E-state index is 0.0121. The van der Waals surface area contributed by atoms with Gasteiger partial charge < -0.3 is 15.3 Å². The van der Waals surface area contributed by atoms with Gasteiger partial charge in [0, 0.05) is 37.0 Å². The first-order valence-electron chi connectivity index (χ1n) is 9.05. The predicted molar refractivity (Wildman–Crippen MR) is 98.6 cm³/mol. The molecule has 1 aliphatic rings. The van der Waals surface area contributed by atoms with E-state index in [9.17, 15) is 14.4 Å². The Morgan fingerprint density at radius 3 is 2.19 bits per heavy atom. The van der Waals surface area contributed by atoms with Crippen molar-refractivity contribution in [2.75, 3.05) is 13.1 Å². The first-order valence-corrected chi connectivity index (χ1v) is 9.05. The second-order valence-electron chi connectivity index (χ2n) is 7.96. The standard InChI is InChI=1S/C20H28N2O4/c1-20(2,3)19(26)21-13-15-4-6-16(7-5-15)18(25)22-10-8-14(9-11-22)12-17(23)24/h4-7,14H,8-13H2,1-3H3,(H,21,26)(H,23,24). The van der Waals surface area contributed by atoms with Gasteiger partial charge in [0.2, 0.25) is 5.91 Å². The van der Waals surface area contributed by atoms with E-state index in [1.165, 1.54) is 0 Å². The van der Waals surface area contributed by atoms with Crippen molar-refractivity contribution in [1.29, 1.82) is 0 Å². The van der Waals surface area contributed by atoms with Gasteiger partial charge in [-0.3, -0.25) is 14.4 Å². The Bertz CT molecular complexity index is 653.